The highest BCUT2D eigenvalue weighted by Gasteiger charge is 2.06. The molecule has 2 N–H and O–H groups in total. The van der Waals surface area contributed by atoms with Gasteiger partial charge in [-0.05, 0) is 24.6 Å². The van der Waals surface area contributed by atoms with Crippen molar-refractivity contribution in [2.45, 2.75) is 20.1 Å². The molecule has 0 saturated heterocycles. The van der Waals surface area contributed by atoms with E-state index in [2.05, 4.69) is 25.0 Å². The number of nitrogens with zero attached hydrogens (tertiary/aromatic N) is 2. The van der Waals surface area contributed by atoms with Gasteiger partial charge in [0.2, 0.25) is 5.91 Å². The van der Waals surface area contributed by atoms with Gasteiger partial charge in [0.05, 0.1) is 17.6 Å². The minimum Gasteiger partial charge on any atom is -0.364 e. The summed E-state index contributed by atoms with van der Waals surface area (Å²) in [5.41, 5.74) is 3.69. The molecule has 0 aliphatic rings. The summed E-state index contributed by atoms with van der Waals surface area (Å²) in [7, 11) is 0. The lowest BCUT2D eigenvalue weighted by molar-refractivity contribution is -0.126. The van der Waals surface area contributed by atoms with Crippen molar-refractivity contribution in [1.29, 1.82) is 0 Å². The number of carbonyl (C=O) groups is 1. The number of rotatable bonds is 6. The molecule has 0 bridgehead atoms. The van der Waals surface area contributed by atoms with Crippen molar-refractivity contribution in [3.63, 3.8) is 0 Å². The van der Waals surface area contributed by atoms with Crippen LogP contribution in [0.2, 0.25) is 0 Å². The van der Waals surface area contributed by atoms with Crippen LogP contribution in [0, 0.1) is 6.92 Å². The molecule has 7 nitrogen and oxygen atoms in total. The molecule has 3 rings (SSSR count). The van der Waals surface area contributed by atoms with Gasteiger partial charge in [0.25, 0.3) is 0 Å². The predicted molar refractivity (Wildman–Crippen MR) is 78.8 cm³/mol. The molecule has 0 aliphatic heterocycles. The Kier molecular flexibility index (Phi) is 4.15. The van der Waals surface area contributed by atoms with E-state index in [0.29, 0.717) is 18.1 Å². The number of hydrogen-bond acceptors (Lipinski definition) is 5. The lowest BCUT2D eigenvalue weighted by Gasteiger charge is -2.03. The summed E-state index contributed by atoms with van der Waals surface area (Å²) in [5, 5.41) is 6.39. The molecule has 0 fully saturated rings. The number of nitrogens with one attached hydrogen (secondary N) is 2. The van der Waals surface area contributed by atoms with E-state index in [-0.39, 0.29) is 19.1 Å². The largest absolute Gasteiger partial charge is 0.364 e. The molecular weight excluding hydrogens is 284 g/mol. The number of carbonyl (C=O) groups excluding carboxylic acids is 1. The second-order valence-electron chi connectivity index (χ2n) is 4.96. The van der Waals surface area contributed by atoms with E-state index in [9.17, 15) is 4.79 Å². The van der Waals surface area contributed by atoms with Crippen LogP contribution in [-0.4, -0.2) is 27.6 Å². The standard InChI is InChI=1S/C15H16N4O3/c1-10-2-3-12-13(6-10)18-14(17-12)8-21-9-15(20)16-7-11-4-5-22-19-11/h2-6H,7-9H2,1H3,(H,16,20)(H,17,18). The van der Waals surface area contributed by atoms with E-state index in [4.69, 9.17) is 4.74 Å². The van der Waals surface area contributed by atoms with Gasteiger partial charge in [0.1, 0.15) is 31.0 Å². The van der Waals surface area contributed by atoms with Crippen LogP contribution in [0.15, 0.2) is 35.1 Å². The summed E-state index contributed by atoms with van der Waals surface area (Å²) in [6.07, 6.45) is 1.46. The second-order valence-corrected chi connectivity index (χ2v) is 4.96. The lowest BCUT2D eigenvalue weighted by Crippen LogP contribution is -2.27. The maximum absolute atomic E-state index is 11.6. The van der Waals surface area contributed by atoms with Crippen LogP contribution in [0.3, 0.4) is 0 Å². The van der Waals surface area contributed by atoms with Gasteiger partial charge in [-0.15, -0.1) is 0 Å². The van der Waals surface area contributed by atoms with Gasteiger partial charge in [0, 0.05) is 6.07 Å². The topological polar surface area (TPSA) is 93.0 Å². The van der Waals surface area contributed by atoms with E-state index in [1.807, 2.05) is 25.1 Å². The number of imidazole rings is 1. The van der Waals surface area contributed by atoms with Gasteiger partial charge in [-0.1, -0.05) is 11.2 Å². The monoisotopic (exact) mass is 300 g/mol. The van der Waals surface area contributed by atoms with Crippen LogP contribution in [0.5, 0.6) is 0 Å². The van der Waals surface area contributed by atoms with Crippen molar-refractivity contribution in [2.24, 2.45) is 0 Å². The van der Waals surface area contributed by atoms with Crippen LogP contribution in [0.1, 0.15) is 17.1 Å². The normalized spacial score (nSPS) is 11.0. The van der Waals surface area contributed by atoms with Gasteiger partial charge in [-0.3, -0.25) is 4.79 Å². The summed E-state index contributed by atoms with van der Waals surface area (Å²) < 4.78 is 10.0. The molecule has 0 unspecified atom stereocenters. The van der Waals surface area contributed by atoms with Crippen molar-refractivity contribution in [2.75, 3.05) is 6.61 Å². The maximum atomic E-state index is 11.6. The summed E-state index contributed by atoms with van der Waals surface area (Å²) in [6.45, 7) is 2.57. The minimum absolute atomic E-state index is 0.0338. The molecule has 1 amide bonds. The van der Waals surface area contributed by atoms with Crippen LogP contribution >= 0.6 is 0 Å². The highest BCUT2D eigenvalue weighted by molar-refractivity contribution is 5.77. The fourth-order valence-corrected chi connectivity index (χ4v) is 2.05. The molecule has 2 aromatic heterocycles. The Labute approximate surface area is 126 Å². The number of aromatic amines is 1. The average molecular weight is 300 g/mol. The average Bonchev–Trinajstić information content (AvgIpc) is 3.13. The van der Waals surface area contributed by atoms with Gasteiger partial charge >= 0.3 is 0 Å². The maximum Gasteiger partial charge on any atom is 0.246 e. The number of amides is 1. The third-order valence-electron chi connectivity index (χ3n) is 3.12. The van der Waals surface area contributed by atoms with Crippen LogP contribution in [0.4, 0.5) is 0 Å². The molecule has 0 radical (unpaired) electrons. The Hall–Kier alpha value is -2.67. The first-order valence-electron chi connectivity index (χ1n) is 6.89. The van der Waals surface area contributed by atoms with E-state index >= 15 is 0 Å². The Morgan fingerprint density at radius 2 is 2.32 bits per heavy atom. The van der Waals surface area contributed by atoms with E-state index in [0.717, 1.165) is 16.6 Å². The first-order chi connectivity index (χ1) is 10.7. The zero-order chi connectivity index (χ0) is 15.4. The molecule has 0 atom stereocenters. The highest BCUT2D eigenvalue weighted by atomic mass is 16.5. The Morgan fingerprint density at radius 1 is 1.41 bits per heavy atom. The minimum atomic E-state index is -0.213. The molecule has 0 saturated carbocycles. The predicted octanol–water partition coefficient (Wildman–Crippen LogP) is 1.69. The Morgan fingerprint density at radius 3 is 3.14 bits per heavy atom. The second kappa shape index (κ2) is 6.40. The number of aryl methyl sites for hydroxylation is 1. The third-order valence-corrected chi connectivity index (χ3v) is 3.12. The van der Waals surface area contributed by atoms with E-state index in [1.165, 1.54) is 6.26 Å². The van der Waals surface area contributed by atoms with Crippen LogP contribution < -0.4 is 5.32 Å². The number of H-pyrrole nitrogens is 1. The van der Waals surface area contributed by atoms with Crippen molar-refractivity contribution < 1.29 is 14.1 Å². The Balaban J connectivity index is 1.46. The first kappa shape index (κ1) is 14.3. The molecule has 0 aliphatic carbocycles. The first-order valence-corrected chi connectivity index (χ1v) is 6.89. The van der Waals surface area contributed by atoms with Crippen molar-refractivity contribution in [3.8, 4) is 0 Å². The molecule has 0 spiro atoms. The van der Waals surface area contributed by atoms with Crippen LogP contribution in [-0.2, 0) is 22.7 Å². The number of fused-ring (bicyclic) bond motifs is 1. The molecule has 2 heterocycles. The van der Waals surface area contributed by atoms with Crippen molar-refractivity contribution in [3.05, 3.63) is 47.6 Å². The van der Waals surface area contributed by atoms with Gasteiger partial charge < -0.3 is 19.6 Å². The van der Waals surface area contributed by atoms with E-state index < -0.39 is 0 Å². The number of ether oxygens (including phenoxy) is 1. The fraction of sp³-hybridized carbons (Fsp3) is 0.267. The summed E-state index contributed by atoms with van der Waals surface area (Å²) in [4.78, 5) is 19.2. The van der Waals surface area contributed by atoms with Crippen molar-refractivity contribution in [1.82, 2.24) is 20.4 Å². The molecule has 7 heteroatoms. The molecule has 22 heavy (non-hydrogen) atoms. The summed E-state index contributed by atoms with van der Waals surface area (Å²) >= 11 is 0. The molecule has 114 valence electrons. The molecule has 3 aromatic rings. The van der Waals surface area contributed by atoms with Crippen LogP contribution in [0.25, 0.3) is 11.0 Å². The fourth-order valence-electron chi connectivity index (χ4n) is 2.05. The SMILES string of the molecule is Cc1ccc2nc(COCC(=O)NCc3ccon3)[nH]c2c1. The van der Waals surface area contributed by atoms with Gasteiger partial charge in [-0.25, -0.2) is 4.98 Å². The third kappa shape index (κ3) is 3.50. The quantitative estimate of drug-likeness (QED) is 0.722. The highest BCUT2D eigenvalue weighted by Crippen LogP contribution is 2.13. The zero-order valence-electron chi connectivity index (χ0n) is 12.1. The molecule has 1 aromatic carbocycles. The lowest BCUT2D eigenvalue weighted by atomic mass is 10.2. The smallest absolute Gasteiger partial charge is 0.246 e. The van der Waals surface area contributed by atoms with Gasteiger partial charge in [0.15, 0.2) is 0 Å². The molecular formula is C15H16N4O3. The summed E-state index contributed by atoms with van der Waals surface area (Å²) in [5.74, 6) is 0.486. The number of benzene rings is 1. The zero-order valence-corrected chi connectivity index (χ0v) is 12.1. The van der Waals surface area contributed by atoms with Gasteiger partial charge in [-0.2, -0.15) is 0 Å². The number of hydrogen-bond donors (Lipinski definition) is 2. The van der Waals surface area contributed by atoms with E-state index in [1.54, 1.807) is 6.07 Å². The summed E-state index contributed by atoms with van der Waals surface area (Å²) in [6, 6.07) is 7.68. The number of aromatic nitrogens is 3. The Bertz CT molecular complexity index is 764. The van der Waals surface area contributed by atoms with Crippen molar-refractivity contribution >= 4 is 16.9 Å².